The van der Waals surface area contributed by atoms with E-state index >= 15 is 0 Å². The topological polar surface area (TPSA) is 12.0 Å². The van der Waals surface area contributed by atoms with E-state index in [9.17, 15) is 4.39 Å². The van der Waals surface area contributed by atoms with Crippen molar-refractivity contribution in [2.24, 2.45) is 0 Å². The zero-order valence-corrected chi connectivity index (χ0v) is 14.9. The first-order valence-electron chi connectivity index (χ1n) is 6.53. The van der Waals surface area contributed by atoms with Crippen LogP contribution in [-0.2, 0) is 0 Å². The van der Waals surface area contributed by atoms with Crippen molar-refractivity contribution >= 4 is 39.3 Å². The third-order valence-electron chi connectivity index (χ3n) is 3.29. The molecule has 5 heteroatoms. The van der Waals surface area contributed by atoms with Gasteiger partial charge in [-0.1, -0.05) is 35.9 Å². The van der Waals surface area contributed by atoms with Gasteiger partial charge in [0, 0.05) is 26.7 Å². The number of hydrogen-bond acceptors (Lipinski definition) is 2. The molecule has 112 valence electrons. The van der Waals surface area contributed by atoms with Gasteiger partial charge in [0.15, 0.2) is 0 Å². The highest BCUT2D eigenvalue weighted by atomic mass is 79.9. The Kier molecular flexibility index (Phi) is 6.11. The summed E-state index contributed by atoms with van der Waals surface area (Å²) in [6.07, 6.45) is 0. The fourth-order valence-corrected chi connectivity index (χ4v) is 3.67. The highest BCUT2D eigenvalue weighted by molar-refractivity contribution is 9.10. The lowest BCUT2D eigenvalue weighted by atomic mass is 10.1. The SMILES string of the molecule is CNC(CSc1ccccc1C)c1ccc(Br)c(Cl)c1F. The van der Waals surface area contributed by atoms with Crippen molar-refractivity contribution in [1.29, 1.82) is 0 Å². The molecule has 0 heterocycles. The number of halogens is 3. The van der Waals surface area contributed by atoms with Crippen LogP contribution in [0.4, 0.5) is 4.39 Å². The molecule has 21 heavy (non-hydrogen) atoms. The van der Waals surface area contributed by atoms with E-state index < -0.39 is 0 Å². The third kappa shape index (κ3) is 4.01. The summed E-state index contributed by atoms with van der Waals surface area (Å²) in [5.41, 5.74) is 1.82. The van der Waals surface area contributed by atoms with Crippen LogP contribution in [0.2, 0.25) is 5.02 Å². The van der Waals surface area contributed by atoms with E-state index in [-0.39, 0.29) is 16.9 Å². The number of aryl methyl sites for hydroxylation is 1. The molecule has 0 aliphatic carbocycles. The Labute approximate surface area is 142 Å². The van der Waals surface area contributed by atoms with E-state index in [2.05, 4.69) is 40.3 Å². The molecule has 2 aromatic rings. The number of hydrogen-bond donors (Lipinski definition) is 1. The molecule has 0 bridgehead atoms. The van der Waals surface area contributed by atoms with Gasteiger partial charge in [0.05, 0.1) is 5.02 Å². The van der Waals surface area contributed by atoms with Crippen LogP contribution in [0, 0.1) is 12.7 Å². The average molecular weight is 389 g/mol. The third-order valence-corrected chi connectivity index (χ3v) is 5.82. The number of thioether (sulfide) groups is 1. The van der Waals surface area contributed by atoms with Gasteiger partial charge >= 0.3 is 0 Å². The minimum atomic E-state index is -0.365. The molecular weight excluding hydrogens is 373 g/mol. The quantitative estimate of drug-likeness (QED) is 0.528. The van der Waals surface area contributed by atoms with Crippen LogP contribution in [0.15, 0.2) is 45.8 Å². The van der Waals surface area contributed by atoms with Gasteiger partial charge in [0.2, 0.25) is 0 Å². The molecule has 2 rings (SSSR count). The first kappa shape index (κ1) is 16.8. The molecule has 0 saturated heterocycles. The lowest BCUT2D eigenvalue weighted by Crippen LogP contribution is -2.20. The molecule has 0 radical (unpaired) electrons. The van der Waals surface area contributed by atoms with Crippen molar-refractivity contribution in [3.63, 3.8) is 0 Å². The predicted octanol–water partition coefficient (Wildman–Crippen LogP) is 5.60. The van der Waals surface area contributed by atoms with Crippen LogP contribution in [0.3, 0.4) is 0 Å². The molecule has 2 aromatic carbocycles. The van der Waals surface area contributed by atoms with Gasteiger partial charge in [-0.3, -0.25) is 0 Å². The first-order valence-corrected chi connectivity index (χ1v) is 8.69. The molecule has 0 aliphatic heterocycles. The number of rotatable bonds is 5. The summed E-state index contributed by atoms with van der Waals surface area (Å²) in [4.78, 5) is 1.21. The average Bonchev–Trinajstić information content (AvgIpc) is 2.49. The second-order valence-electron chi connectivity index (χ2n) is 4.68. The molecule has 1 atom stereocenters. The molecule has 1 unspecified atom stereocenters. The fraction of sp³-hybridized carbons (Fsp3) is 0.250. The summed E-state index contributed by atoms with van der Waals surface area (Å²) in [6, 6.07) is 11.6. The zero-order valence-electron chi connectivity index (χ0n) is 11.8. The summed E-state index contributed by atoms with van der Waals surface area (Å²) >= 11 is 10.9. The lowest BCUT2D eigenvalue weighted by Gasteiger charge is -2.18. The molecule has 0 aromatic heterocycles. The molecule has 0 amide bonds. The maximum Gasteiger partial charge on any atom is 0.147 e. The van der Waals surface area contributed by atoms with Gasteiger partial charge in [-0.25, -0.2) is 4.39 Å². The maximum atomic E-state index is 14.3. The Bertz CT molecular complexity index is 636. The zero-order chi connectivity index (χ0) is 15.4. The van der Waals surface area contributed by atoms with Crippen LogP contribution >= 0.6 is 39.3 Å². The van der Waals surface area contributed by atoms with E-state index in [1.807, 2.05) is 19.2 Å². The molecule has 0 saturated carbocycles. The molecule has 0 aliphatic rings. The van der Waals surface area contributed by atoms with Crippen molar-refractivity contribution in [1.82, 2.24) is 5.32 Å². The monoisotopic (exact) mass is 387 g/mol. The van der Waals surface area contributed by atoms with Gasteiger partial charge in [0.1, 0.15) is 5.82 Å². The largest absolute Gasteiger partial charge is 0.312 e. The minimum Gasteiger partial charge on any atom is -0.312 e. The molecule has 0 fully saturated rings. The lowest BCUT2D eigenvalue weighted by molar-refractivity contribution is 0.565. The van der Waals surface area contributed by atoms with Crippen LogP contribution in [0.1, 0.15) is 17.2 Å². The minimum absolute atomic E-state index is 0.0970. The van der Waals surface area contributed by atoms with E-state index in [0.29, 0.717) is 10.0 Å². The van der Waals surface area contributed by atoms with E-state index in [1.54, 1.807) is 23.9 Å². The Morgan fingerprint density at radius 1 is 1.29 bits per heavy atom. The van der Waals surface area contributed by atoms with Crippen molar-refractivity contribution in [3.05, 3.63) is 62.8 Å². The molecule has 0 spiro atoms. The van der Waals surface area contributed by atoms with Crippen molar-refractivity contribution < 1.29 is 4.39 Å². The fourth-order valence-electron chi connectivity index (χ4n) is 2.03. The van der Waals surface area contributed by atoms with Crippen LogP contribution < -0.4 is 5.32 Å². The maximum absolute atomic E-state index is 14.3. The Morgan fingerprint density at radius 2 is 2.00 bits per heavy atom. The number of nitrogens with one attached hydrogen (secondary N) is 1. The first-order chi connectivity index (χ1) is 10.0. The normalized spacial score (nSPS) is 12.4. The summed E-state index contributed by atoms with van der Waals surface area (Å²) in [5, 5.41) is 3.29. The van der Waals surface area contributed by atoms with Gasteiger partial charge in [-0.15, -0.1) is 11.8 Å². The Morgan fingerprint density at radius 3 is 2.67 bits per heavy atom. The van der Waals surface area contributed by atoms with Crippen LogP contribution in [0.25, 0.3) is 0 Å². The van der Waals surface area contributed by atoms with Crippen LogP contribution in [0.5, 0.6) is 0 Å². The second-order valence-corrected chi connectivity index (χ2v) is 6.98. The standard InChI is InChI=1S/C16H16BrClFNS/c1-10-5-3-4-6-14(10)21-9-13(20-2)11-7-8-12(17)15(18)16(11)19/h3-8,13,20H,9H2,1-2H3. The van der Waals surface area contributed by atoms with E-state index in [0.717, 1.165) is 5.75 Å². The van der Waals surface area contributed by atoms with Crippen molar-refractivity contribution in [2.45, 2.75) is 17.9 Å². The van der Waals surface area contributed by atoms with E-state index in [1.165, 1.54) is 10.5 Å². The second kappa shape index (κ2) is 7.63. The van der Waals surface area contributed by atoms with E-state index in [4.69, 9.17) is 11.6 Å². The number of benzene rings is 2. The highest BCUT2D eigenvalue weighted by Gasteiger charge is 2.18. The molecule has 1 nitrogen and oxygen atoms in total. The van der Waals surface area contributed by atoms with Crippen LogP contribution in [-0.4, -0.2) is 12.8 Å². The Balaban J connectivity index is 2.18. The van der Waals surface area contributed by atoms with Gasteiger partial charge in [-0.05, 0) is 47.6 Å². The predicted molar refractivity (Wildman–Crippen MR) is 92.8 cm³/mol. The highest BCUT2D eigenvalue weighted by Crippen LogP contribution is 2.33. The molecular formula is C16H16BrClFNS. The summed E-state index contributed by atoms with van der Waals surface area (Å²) in [6.45, 7) is 2.08. The summed E-state index contributed by atoms with van der Waals surface area (Å²) in [7, 11) is 1.83. The van der Waals surface area contributed by atoms with Gasteiger partial charge < -0.3 is 5.32 Å². The molecule has 1 N–H and O–H groups in total. The Hall–Kier alpha value is -0.550. The smallest absolute Gasteiger partial charge is 0.147 e. The van der Waals surface area contributed by atoms with Gasteiger partial charge in [0.25, 0.3) is 0 Å². The van der Waals surface area contributed by atoms with Gasteiger partial charge in [-0.2, -0.15) is 0 Å². The van der Waals surface area contributed by atoms with Crippen molar-refractivity contribution in [2.75, 3.05) is 12.8 Å². The summed E-state index contributed by atoms with van der Waals surface area (Å²) in [5.74, 6) is 0.367. The summed E-state index contributed by atoms with van der Waals surface area (Å²) < 4.78 is 14.9. The van der Waals surface area contributed by atoms with Crippen molar-refractivity contribution in [3.8, 4) is 0 Å².